The maximum atomic E-state index is 15.2. The van der Waals surface area contributed by atoms with E-state index in [0.29, 0.717) is 30.4 Å². The van der Waals surface area contributed by atoms with Crippen molar-refractivity contribution in [2.45, 2.75) is 37.5 Å². The Kier molecular flexibility index (Phi) is 6.97. The molecule has 204 valence electrons. The van der Waals surface area contributed by atoms with Crippen molar-refractivity contribution in [2.24, 2.45) is 0 Å². The number of benzene rings is 2. The molecule has 0 bridgehead atoms. The maximum Gasteiger partial charge on any atom is 0.419 e. The Hall–Kier alpha value is -4.08. The van der Waals surface area contributed by atoms with Crippen LogP contribution in [0, 0.1) is 17.1 Å². The first kappa shape index (κ1) is 27.5. The Morgan fingerprint density at radius 1 is 1.18 bits per heavy atom. The SMILES string of the molecule is N#Cc1ncc(N2C(=O)C3(CCC3)N(c3ccc(C(=O)NCc4cccc(Cl)c4)c(F)c3)C2=S)cc1C(F)(F)F. The molecule has 5 rings (SSSR count). The van der Waals surface area contributed by atoms with Crippen LogP contribution in [0.1, 0.15) is 46.4 Å². The van der Waals surface area contributed by atoms with Crippen molar-refractivity contribution in [3.63, 3.8) is 0 Å². The number of hydrogen-bond donors (Lipinski definition) is 1. The van der Waals surface area contributed by atoms with E-state index in [1.165, 1.54) is 23.1 Å². The molecule has 1 aliphatic heterocycles. The van der Waals surface area contributed by atoms with Gasteiger partial charge >= 0.3 is 6.18 Å². The van der Waals surface area contributed by atoms with Crippen LogP contribution in [0.15, 0.2) is 54.7 Å². The molecule has 7 nitrogen and oxygen atoms in total. The lowest BCUT2D eigenvalue weighted by Crippen LogP contribution is -2.55. The predicted octanol–water partition coefficient (Wildman–Crippen LogP) is 5.76. The zero-order valence-corrected chi connectivity index (χ0v) is 22.0. The second kappa shape index (κ2) is 10.1. The van der Waals surface area contributed by atoms with Crippen LogP contribution in [-0.2, 0) is 17.5 Å². The third-order valence-corrected chi connectivity index (χ3v) is 7.53. The number of hydrogen-bond acceptors (Lipinski definition) is 5. The largest absolute Gasteiger partial charge is 0.419 e. The number of nitriles is 1. The fourth-order valence-corrected chi connectivity index (χ4v) is 5.52. The second-order valence-corrected chi connectivity index (χ2v) is 10.1. The lowest BCUT2D eigenvalue weighted by molar-refractivity contribution is -0.138. The van der Waals surface area contributed by atoms with Crippen LogP contribution in [0.5, 0.6) is 0 Å². The number of rotatable bonds is 5. The van der Waals surface area contributed by atoms with E-state index >= 15 is 4.39 Å². The molecule has 1 N–H and O–H groups in total. The molecular weight excluding hydrogens is 570 g/mol. The Morgan fingerprint density at radius 2 is 1.93 bits per heavy atom. The van der Waals surface area contributed by atoms with Crippen molar-refractivity contribution in [1.82, 2.24) is 10.3 Å². The number of nitrogens with zero attached hydrogens (tertiary/aromatic N) is 4. The molecule has 40 heavy (non-hydrogen) atoms. The van der Waals surface area contributed by atoms with Crippen LogP contribution in [0.25, 0.3) is 0 Å². The number of thiocarbonyl (C=S) groups is 1. The Labute approximate surface area is 236 Å². The van der Waals surface area contributed by atoms with Crippen LogP contribution >= 0.6 is 23.8 Å². The highest BCUT2D eigenvalue weighted by Gasteiger charge is 2.60. The molecule has 0 unspecified atom stereocenters. The van der Waals surface area contributed by atoms with Gasteiger partial charge in [-0.05, 0) is 73.4 Å². The average molecular weight is 588 g/mol. The van der Waals surface area contributed by atoms with Crippen molar-refractivity contribution < 1.29 is 27.2 Å². The number of anilines is 2. The highest BCUT2D eigenvalue weighted by atomic mass is 35.5. The Bertz CT molecular complexity index is 1600. The maximum absolute atomic E-state index is 15.2. The summed E-state index contributed by atoms with van der Waals surface area (Å²) in [5.41, 5.74) is -2.97. The predicted molar refractivity (Wildman–Crippen MR) is 142 cm³/mol. The minimum absolute atomic E-state index is 0.113. The van der Waals surface area contributed by atoms with Crippen molar-refractivity contribution in [1.29, 1.82) is 5.26 Å². The summed E-state index contributed by atoms with van der Waals surface area (Å²) in [4.78, 5) is 32.2. The lowest BCUT2D eigenvalue weighted by Gasteiger charge is -2.43. The van der Waals surface area contributed by atoms with Gasteiger partial charge in [-0.3, -0.25) is 14.5 Å². The number of halogens is 5. The molecule has 0 atom stereocenters. The second-order valence-electron chi connectivity index (χ2n) is 9.32. The number of alkyl halides is 3. The minimum atomic E-state index is -4.89. The van der Waals surface area contributed by atoms with Gasteiger partial charge < -0.3 is 10.2 Å². The smallest absolute Gasteiger partial charge is 0.348 e. The molecule has 1 saturated carbocycles. The summed E-state index contributed by atoms with van der Waals surface area (Å²) in [5.74, 6) is -2.12. The average Bonchev–Trinajstić information content (AvgIpc) is 3.13. The first-order chi connectivity index (χ1) is 19.0. The van der Waals surface area contributed by atoms with Crippen LogP contribution in [0.3, 0.4) is 0 Å². The third-order valence-electron chi connectivity index (χ3n) is 6.93. The van der Waals surface area contributed by atoms with Crippen molar-refractivity contribution in [3.8, 4) is 6.07 Å². The molecule has 1 spiro atoms. The topological polar surface area (TPSA) is 89.3 Å². The van der Waals surface area contributed by atoms with Gasteiger partial charge in [0, 0.05) is 17.3 Å². The molecule has 2 fully saturated rings. The molecule has 2 aromatic carbocycles. The summed E-state index contributed by atoms with van der Waals surface area (Å²) < 4.78 is 55.9. The van der Waals surface area contributed by atoms with Gasteiger partial charge in [-0.1, -0.05) is 23.7 Å². The summed E-state index contributed by atoms with van der Waals surface area (Å²) in [6, 6.07) is 12.6. The zero-order chi connectivity index (χ0) is 28.8. The van der Waals surface area contributed by atoms with E-state index in [9.17, 15) is 22.8 Å². The number of aromatic nitrogens is 1. The molecule has 2 heterocycles. The molecule has 2 aliphatic rings. The fraction of sp³-hybridized carbons (Fsp3) is 0.222. The minimum Gasteiger partial charge on any atom is -0.348 e. The third kappa shape index (κ3) is 4.65. The van der Waals surface area contributed by atoms with Gasteiger partial charge in [0.1, 0.15) is 17.4 Å². The molecule has 2 amide bonds. The summed E-state index contributed by atoms with van der Waals surface area (Å²) in [7, 11) is 0. The van der Waals surface area contributed by atoms with Crippen molar-refractivity contribution >= 4 is 52.1 Å². The van der Waals surface area contributed by atoms with Crippen LogP contribution in [-0.4, -0.2) is 27.4 Å². The quantitative estimate of drug-likeness (QED) is 0.302. The molecule has 0 radical (unpaired) electrons. The van der Waals surface area contributed by atoms with Gasteiger partial charge in [-0.25, -0.2) is 9.37 Å². The summed E-state index contributed by atoms with van der Waals surface area (Å²) in [5, 5.41) is 12.0. The highest BCUT2D eigenvalue weighted by molar-refractivity contribution is 7.81. The summed E-state index contributed by atoms with van der Waals surface area (Å²) in [6.07, 6.45) is -2.60. The van der Waals surface area contributed by atoms with E-state index in [2.05, 4.69) is 10.3 Å². The summed E-state index contributed by atoms with van der Waals surface area (Å²) in [6.45, 7) is 0.113. The number of carbonyl (C=O) groups excluding carboxylic acids is 2. The van der Waals surface area contributed by atoms with Gasteiger partial charge in [0.25, 0.3) is 11.8 Å². The van der Waals surface area contributed by atoms with Crippen LogP contribution in [0.2, 0.25) is 5.02 Å². The fourth-order valence-electron chi connectivity index (χ4n) is 4.84. The zero-order valence-electron chi connectivity index (χ0n) is 20.4. The van der Waals surface area contributed by atoms with Crippen LogP contribution < -0.4 is 15.1 Å². The molecule has 1 saturated heterocycles. The molecule has 1 aliphatic carbocycles. The molecular formula is C27H18ClF4N5O2S. The van der Waals surface area contributed by atoms with Gasteiger partial charge in [0.05, 0.1) is 23.0 Å². The van der Waals surface area contributed by atoms with E-state index in [-0.39, 0.29) is 28.6 Å². The number of amides is 2. The summed E-state index contributed by atoms with van der Waals surface area (Å²) >= 11 is 11.5. The number of nitrogens with one attached hydrogen (secondary N) is 1. The Balaban J connectivity index is 1.44. The van der Waals surface area contributed by atoms with Gasteiger partial charge in [0.2, 0.25) is 0 Å². The van der Waals surface area contributed by atoms with E-state index in [1.54, 1.807) is 24.3 Å². The molecule has 3 aromatic rings. The normalized spacial score (nSPS) is 16.2. The highest BCUT2D eigenvalue weighted by Crippen LogP contribution is 2.48. The molecule has 13 heteroatoms. The van der Waals surface area contributed by atoms with Gasteiger partial charge in [-0.2, -0.15) is 18.4 Å². The van der Waals surface area contributed by atoms with Crippen LogP contribution in [0.4, 0.5) is 28.9 Å². The molecule has 1 aromatic heterocycles. The van der Waals surface area contributed by atoms with E-state index in [4.69, 9.17) is 29.1 Å². The van der Waals surface area contributed by atoms with E-state index in [1.807, 2.05) is 0 Å². The van der Waals surface area contributed by atoms with E-state index in [0.717, 1.165) is 22.7 Å². The number of carbonyl (C=O) groups is 2. The Morgan fingerprint density at radius 3 is 2.52 bits per heavy atom. The number of pyridine rings is 1. The monoisotopic (exact) mass is 587 g/mol. The van der Waals surface area contributed by atoms with Gasteiger partial charge in [0.15, 0.2) is 10.8 Å². The first-order valence-electron chi connectivity index (χ1n) is 11.9. The van der Waals surface area contributed by atoms with E-state index < -0.39 is 40.6 Å². The lowest BCUT2D eigenvalue weighted by atomic mass is 9.75. The first-order valence-corrected chi connectivity index (χ1v) is 12.7. The standard InChI is InChI=1S/C27H18ClF4N5O2S/c28-16-4-1-3-15(9-16)13-35-23(38)19-6-5-17(11-21(19)29)37-25(40)36(24(39)26(37)7-2-8-26)18-10-20(27(30,31)32)22(12-33)34-14-18/h1,3-6,9-11,14H,2,7-8,13H2,(H,35,38). The van der Waals surface area contributed by atoms with Crippen molar-refractivity contribution in [2.75, 3.05) is 9.80 Å². The van der Waals surface area contributed by atoms with Crippen molar-refractivity contribution in [3.05, 3.63) is 88.0 Å². The van der Waals surface area contributed by atoms with Gasteiger partial charge in [-0.15, -0.1) is 0 Å².